The molecule has 6 nitrogen and oxygen atoms in total. The van der Waals surface area contributed by atoms with Gasteiger partial charge in [0.15, 0.2) is 0 Å². The van der Waals surface area contributed by atoms with E-state index < -0.39 is 24.2 Å². The molecule has 2 atom stereocenters. The van der Waals surface area contributed by atoms with E-state index in [1.165, 1.54) is 6.92 Å². The molecule has 0 aliphatic heterocycles. The number of carbonyl (C=O) groups excluding carboxylic acids is 3. The standard InChI is InChI=1S/C29H35NO5/c1-5-6-7-12-21(17-20(4)31)35-28(32)27(19(2)3)30-29(33)34-18-26-24-15-10-8-13-22(24)23-14-9-11-16-25(23)26/h7-16,19,21,26-27H,5-6,17-18H2,1-4H3,(H,30,33)/b12-7+/t21-,27?/m1/s1. The van der Waals surface area contributed by atoms with E-state index >= 15 is 0 Å². The van der Waals surface area contributed by atoms with Crippen LogP contribution in [0.4, 0.5) is 4.79 Å². The molecule has 0 radical (unpaired) electrons. The van der Waals surface area contributed by atoms with Crippen LogP contribution in [0.2, 0.25) is 0 Å². The van der Waals surface area contributed by atoms with E-state index in [4.69, 9.17) is 9.47 Å². The zero-order chi connectivity index (χ0) is 25.4. The van der Waals surface area contributed by atoms with Gasteiger partial charge in [-0.1, -0.05) is 81.8 Å². The van der Waals surface area contributed by atoms with Crippen LogP contribution in [0.15, 0.2) is 60.7 Å². The molecule has 1 amide bonds. The lowest BCUT2D eigenvalue weighted by molar-refractivity contribution is -0.151. The molecule has 186 valence electrons. The lowest BCUT2D eigenvalue weighted by atomic mass is 9.98. The van der Waals surface area contributed by atoms with Gasteiger partial charge in [-0.05, 0) is 47.6 Å². The number of alkyl carbamates (subject to hydrolysis) is 1. The average molecular weight is 478 g/mol. The van der Waals surface area contributed by atoms with Crippen LogP contribution in [0.1, 0.15) is 64.0 Å². The lowest BCUT2D eigenvalue weighted by Gasteiger charge is -2.23. The molecule has 0 heterocycles. The van der Waals surface area contributed by atoms with Crippen molar-refractivity contribution in [3.63, 3.8) is 0 Å². The Labute approximate surface area is 207 Å². The monoisotopic (exact) mass is 477 g/mol. The number of amides is 1. The first-order valence-electron chi connectivity index (χ1n) is 12.3. The maximum absolute atomic E-state index is 12.9. The Morgan fingerprint density at radius 1 is 1.00 bits per heavy atom. The summed E-state index contributed by atoms with van der Waals surface area (Å²) < 4.78 is 11.2. The van der Waals surface area contributed by atoms with Crippen LogP contribution in [-0.4, -0.2) is 36.6 Å². The van der Waals surface area contributed by atoms with Crippen LogP contribution in [0.5, 0.6) is 0 Å². The zero-order valence-electron chi connectivity index (χ0n) is 21.0. The minimum absolute atomic E-state index is 0.0683. The summed E-state index contributed by atoms with van der Waals surface area (Å²) in [5, 5.41) is 2.67. The number of unbranched alkanes of at least 4 members (excludes halogenated alkanes) is 1. The van der Waals surface area contributed by atoms with Gasteiger partial charge in [-0.3, -0.25) is 4.79 Å². The molecule has 35 heavy (non-hydrogen) atoms. The van der Waals surface area contributed by atoms with Crippen molar-refractivity contribution in [2.45, 2.75) is 65.0 Å². The van der Waals surface area contributed by atoms with E-state index in [9.17, 15) is 14.4 Å². The molecule has 6 heteroatoms. The highest BCUT2D eigenvalue weighted by atomic mass is 16.6. The van der Waals surface area contributed by atoms with Crippen molar-refractivity contribution in [1.82, 2.24) is 5.32 Å². The second kappa shape index (κ2) is 12.3. The number of ether oxygens (including phenoxy) is 2. The van der Waals surface area contributed by atoms with Gasteiger partial charge in [0.1, 0.15) is 24.5 Å². The maximum atomic E-state index is 12.9. The van der Waals surface area contributed by atoms with Gasteiger partial charge in [0.05, 0.1) is 0 Å². The van der Waals surface area contributed by atoms with Gasteiger partial charge >= 0.3 is 12.1 Å². The topological polar surface area (TPSA) is 81.7 Å². The Morgan fingerprint density at radius 3 is 2.14 bits per heavy atom. The third-order valence-corrected chi connectivity index (χ3v) is 6.10. The summed E-state index contributed by atoms with van der Waals surface area (Å²) in [7, 11) is 0. The van der Waals surface area contributed by atoms with E-state index in [1.807, 2.05) is 51.1 Å². The molecule has 2 aromatic rings. The fourth-order valence-electron chi connectivity index (χ4n) is 4.33. The van der Waals surface area contributed by atoms with Crippen molar-refractivity contribution in [2.24, 2.45) is 5.92 Å². The zero-order valence-corrected chi connectivity index (χ0v) is 21.0. The molecular formula is C29H35NO5. The lowest BCUT2D eigenvalue weighted by Crippen LogP contribution is -2.46. The molecule has 0 spiro atoms. The van der Waals surface area contributed by atoms with E-state index in [0.717, 1.165) is 35.1 Å². The normalized spacial score (nSPS) is 14.3. The van der Waals surface area contributed by atoms with Crippen molar-refractivity contribution < 1.29 is 23.9 Å². The van der Waals surface area contributed by atoms with Crippen LogP contribution in [0.25, 0.3) is 11.1 Å². The number of benzene rings is 2. The third kappa shape index (κ3) is 6.81. The second-order valence-electron chi connectivity index (χ2n) is 9.29. The van der Waals surface area contributed by atoms with Gasteiger partial charge in [0, 0.05) is 12.3 Å². The second-order valence-corrected chi connectivity index (χ2v) is 9.29. The van der Waals surface area contributed by atoms with Crippen LogP contribution < -0.4 is 5.32 Å². The SMILES string of the molecule is CCC/C=C/[C@H](CC(C)=O)OC(=O)C(NC(=O)OCC1c2ccccc2-c2ccccc21)C(C)C. The Morgan fingerprint density at radius 2 is 1.60 bits per heavy atom. The fourth-order valence-corrected chi connectivity index (χ4v) is 4.33. The van der Waals surface area contributed by atoms with Crippen molar-refractivity contribution in [1.29, 1.82) is 0 Å². The Balaban J connectivity index is 1.64. The van der Waals surface area contributed by atoms with Crippen LogP contribution in [-0.2, 0) is 19.1 Å². The number of hydrogen-bond donors (Lipinski definition) is 1. The van der Waals surface area contributed by atoms with Crippen LogP contribution in [0, 0.1) is 5.92 Å². The Kier molecular flexibility index (Phi) is 9.24. The maximum Gasteiger partial charge on any atom is 0.407 e. The van der Waals surface area contributed by atoms with E-state index in [0.29, 0.717) is 0 Å². The molecule has 0 saturated heterocycles. The van der Waals surface area contributed by atoms with Crippen molar-refractivity contribution in [2.75, 3.05) is 6.61 Å². The molecule has 0 fully saturated rings. The van der Waals surface area contributed by atoms with Gasteiger partial charge < -0.3 is 14.8 Å². The molecule has 1 aliphatic carbocycles. The predicted molar refractivity (Wildman–Crippen MR) is 136 cm³/mol. The Bertz CT molecular complexity index is 1030. The molecule has 0 saturated carbocycles. The van der Waals surface area contributed by atoms with Gasteiger partial charge in [0.2, 0.25) is 0 Å². The summed E-state index contributed by atoms with van der Waals surface area (Å²) in [6.07, 6.45) is 4.20. The number of hydrogen-bond acceptors (Lipinski definition) is 5. The van der Waals surface area contributed by atoms with Gasteiger partial charge in [-0.25, -0.2) is 9.59 Å². The number of rotatable bonds is 11. The molecular weight excluding hydrogens is 442 g/mol. The molecule has 1 N–H and O–H groups in total. The first-order chi connectivity index (χ1) is 16.8. The van der Waals surface area contributed by atoms with E-state index in [1.54, 1.807) is 6.08 Å². The van der Waals surface area contributed by atoms with Crippen molar-refractivity contribution in [3.05, 3.63) is 71.8 Å². The molecule has 0 aromatic heterocycles. The van der Waals surface area contributed by atoms with Gasteiger partial charge in [-0.15, -0.1) is 0 Å². The number of Topliss-reactive ketones (excluding diaryl/α,β-unsaturated/α-hetero) is 1. The molecule has 3 rings (SSSR count). The van der Waals surface area contributed by atoms with E-state index in [-0.39, 0.29) is 30.6 Å². The highest BCUT2D eigenvalue weighted by molar-refractivity contribution is 5.83. The first-order valence-corrected chi connectivity index (χ1v) is 12.3. The van der Waals surface area contributed by atoms with Crippen molar-refractivity contribution in [3.8, 4) is 11.1 Å². The number of nitrogens with one attached hydrogen (secondary N) is 1. The quantitative estimate of drug-likeness (QED) is 0.327. The fraction of sp³-hybridized carbons (Fsp3) is 0.414. The number of fused-ring (bicyclic) bond motifs is 3. The molecule has 2 aromatic carbocycles. The Hall–Kier alpha value is -3.41. The number of allylic oxidation sites excluding steroid dienone is 1. The van der Waals surface area contributed by atoms with Crippen LogP contribution >= 0.6 is 0 Å². The minimum atomic E-state index is -0.889. The van der Waals surface area contributed by atoms with Crippen LogP contribution in [0.3, 0.4) is 0 Å². The van der Waals surface area contributed by atoms with Gasteiger partial charge in [0.25, 0.3) is 0 Å². The predicted octanol–water partition coefficient (Wildman–Crippen LogP) is 5.80. The summed E-state index contributed by atoms with van der Waals surface area (Å²) in [5.74, 6) is -0.947. The summed E-state index contributed by atoms with van der Waals surface area (Å²) in [6, 6.07) is 15.3. The summed E-state index contributed by atoms with van der Waals surface area (Å²) >= 11 is 0. The van der Waals surface area contributed by atoms with E-state index in [2.05, 4.69) is 29.6 Å². The largest absolute Gasteiger partial charge is 0.456 e. The molecule has 0 bridgehead atoms. The van der Waals surface area contributed by atoms with Gasteiger partial charge in [-0.2, -0.15) is 0 Å². The third-order valence-electron chi connectivity index (χ3n) is 6.10. The number of carbonyl (C=O) groups is 3. The highest BCUT2D eigenvalue weighted by Crippen LogP contribution is 2.44. The smallest absolute Gasteiger partial charge is 0.407 e. The molecule has 1 aliphatic rings. The highest BCUT2D eigenvalue weighted by Gasteiger charge is 2.31. The minimum Gasteiger partial charge on any atom is -0.456 e. The first kappa shape index (κ1) is 26.2. The molecule has 1 unspecified atom stereocenters. The average Bonchev–Trinajstić information content (AvgIpc) is 3.14. The number of ketones is 1. The summed E-state index contributed by atoms with van der Waals surface area (Å²) in [4.78, 5) is 37.2. The van der Waals surface area contributed by atoms with Crippen molar-refractivity contribution >= 4 is 17.8 Å². The summed E-state index contributed by atoms with van der Waals surface area (Å²) in [6.45, 7) is 7.31. The summed E-state index contributed by atoms with van der Waals surface area (Å²) in [5.41, 5.74) is 4.53. The number of esters is 1.